The van der Waals surface area contributed by atoms with E-state index in [0.717, 1.165) is 0 Å². The molecule has 0 saturated carbocycles. The summed E-state index contributed by atoms with van der Waals surface area (Å²) in [6.07, 6.45) is 0.177. The van der Waals surface area contributed by atoms with Gasteiger partial charge in [0.25, 0.3) is 15.9 Å². The van der Waals surface area contributed by atoms with Gasteiger partial charge in [-0.05, 0) is 43.3 Å². The smallest absolute Gasteiger partial charge is 0.262 e. The van der Waals surface area contributed by atoms with Gasteiger partial charge >= 0.3 is 0 Å². The van der Waals surface area contributed by atoms with Gasteiger partial charge in [0.1, 0.15) is 5.75 Å². The van der Waals surface area contributed by atoms with Crippen molar-refractivity contribution in [3.8, 4) is 11.8 Å². The second-order valence-corrected chi connectivity index (χ2v) is 8.22. The van der Waals surface area contributed by atoms with E-state index in [9.17, 15) is 13.2 Å². The predicted molar refractivity (Wildman–Crippen MR) is 107 cm³/mol. The van der Waals surface area contributed by atoms with Crippen LogP contribution in [0.5, 0.6) is 5.75 Å². The van der Waals surface area contributed by atoms with E-state index in [2.05, 4.69) is 4.72 Å². The zero-order valence-corrected chi connectivity index (χ0v) is 17.2. The summed E-state index contributed by atoms with van der Waals surface area (Å²) in [5.74, 6) is -0.0644. The fourth-order valence-corrected chi connectivity index (χ4v) is 3.71. The number of hydrogen-bond donors (Lipinski definition) is 1. The number of ether oxygens (including phenoxy) is 1. The molecule has 1 unspecified atom stereocenters. The summed E-state index contributed by atoms with van der Waals surface area (Å²) in [6.45, 7) is 1.74. The van der Waals surface area contributed by atoms with Crippen molar-refractivity contribution in [3.63, 3.8) is 0 Å². The SMILES string of the molecule is COc1ccc(Cl)cc1NS(=O)(=O)c1cccc(C(=O)N(C)C(C)CC#N)c1. The fourth-order valence-electron chi connectivity index (χ4n) is 2.43. The van der Waals surface area contributed by atoms with Gasteiger partial charge in [0.05, 0.1) is 30.2 Å². The molecule has 0 aliphatic heterocycles. The van der Waals surface area contributed by atoms with Gasteiger partial charge in [-0.1, -0.05) is 17.7 Å². The second-order valence-electron chi connectivity index (χ2n) is 6.11. The molecule has 28 heavy (non-hydrogen) atoms. The summed E-state index contributed by atoms with van der Waals surface area (Å²) >= 11 is 5.94. The van der Waals surface area contributed by atoms with E-state index >= 15 is 0 Å². The molecule has 0 radical (unpaired) electrons. The zero-order chi connectivity index (χ0) is 20.9. The molecule has 2 aromatic rings. The maximum atomic E-state index is 12.8. The van der Waals surface area contributed by atoms with Gasteiger partial charge < -0.3 is 9.64 Å². The molecule has 0 aliphatic rings. The molecule has 148 valence electrons. The largest absolute Gasteiger partial charge is 0.495 e. The van der Waals surface area contributed by atoms with Gasteiger partial charge in [0.15, 0.2) is 0 Å². The number of nitrogens with zero attached hydrogens (tertiary/aromatic N) is 2. The standard InChI is InChI=1S/C19H20ClN3O4S/c1-13(9-10-21)23(2)19(24)14-5-4-6-16(11-14)28(25,26)22-17-12-15(20)7-8-18(17)27-3/h4-8,11-13,22H,9H2,1-3H3. The van der Waals surface area contributed by atoms with Crippen LogP contribution in [-0.4, -0.2) is 39.4 Å². The first kappa shape index (κ1) is 21.5. The maximum Gasteiger partial charge on any atom is 0.262 e. The fraction of sp³-hybridized carbons (Fsp3) is 0.263. The second kappa shape index (κ2) is 8.95. The average Bonchev–Trinajstić information content (AvgIpc) is 2.67. The van der Waals surface area contributed by atoms with Crippen molar-refractivity contribution in [2.75, 3.05) is 18.9 Å². The Balaban J connectivity index is 2.33. The Hall–Kier alpha value is -2.76. The minimum atomic E-state index is -3.99. The summed E-state index contributed by atoms with van der Waals surface area (Å²) in [5, 5.41) is 9.14. The third kappa shape index (κ3) is 4.94. The van der Waals surface area contributed by atoms with Gasteiger partial charge in [0, 0.05) is 23.7 Å². The van der Waals surface area contributed by atoms with Gasteiger partial charge in [-0.25, -0.2) is 8.42 Å². The number of rotatable bonds is 7. The van der Waals surface area contributed by atoms with Gasteiger partial charge in [-0.15, -0.1) is 0 Å². The summed E-state index contributed by atoms with van der Waals surface area (Å²) in [6, 6.07) is 12.0. The third-order valence-corrected chi connectivity index (χ3v) is 5.76. The highest BCUT2D eigenvalue weighted by Crippen LogP contribution is 2.30. The lowest BCUT2D eigenvalue weighted by molar-refractivity contribution is 0.0746. The summed E-state index contributed by atoms with van der Waals surface area (Å²) in [5.41, 5.74) is 0.389. The summed E-state index contributed by atoms with van der Waals surface area (Å²) in [4.78, 5) is 13.9. The normalized spacial score (nSPS) is 12.0. The number of methoxy groups -OCH3 is 1. The van der Waals surface area contributed by atoms with Gasteiger partial charge in [-0.3, -0.25) is 9.52 Å². The maximum absolute atomic E-state index is 12.8. The molecule has 1 N–H and O–H groups in total. The molecule has 7 nitrogen and oxygen atoms in total. The van der Waals surface area contributed by atoms with E-state index in [1.807, 2.05) is 6.07 Å². The molecule has 0 spiro atoms. The molecule has 9 heteroatoms. The third-order valence-electron chi connectivity index (χ3n) is 4.17. The number of benzene rings is 2. The lowest BCUT2D eigenvalue weighted by atomic mass is 10.1. The van der Waals surface area contributed by atoms with Crippen LogP contribution in [0.3, 0.4) is 0 Å². The molecule has 2 aromatic carbocycles. The monoisotopic (exact) mass is 421 g/mol. The number of hydrogen-bond acceptors (Lipinski definition) is 5. The molecular formula is C19H20ClN3O4S. The van der Waals surface area contributed by atoms with Crippen molar-refractivity contribution in [3.05, 3.63) is 53.1 Å². The zero-order valence-electron chi connectivity index (χ0n) is 15.6. The number of anilines is 1. The Morgan fingerprint density at radius 2 is 2.04 bits per heavy atom. The molecule has 1 atom stereocenters. The number of nitriles is 1. The van der Waals surface area contributed by atoms with Crippen LogP contribution in [0.15, 0.2) is 47.4 Å². The van der Waals surface area contributed by atoms with E-state index in [4.69, 9.17) is 21.6 Å². The van der Waals surface area contributed by atoms with Crippen molar-refractivity contribution < 1.29 is 17.9 Å². The molecule has 1 amide bonds. The van der Waals surface area contributed by atoms with E-state index < -0.39 is 10.0 Å². The lowest BCUT2D eigenvalue weighted by Crippen LogP contribution is -2.34. The first-order valence-corrected chi connectivity index (χ1v) is 10.2. The minimum absolute atomic E-state index is 0.0817. The van der Waals surface area contributed by atoms with Gasteiger partial charge in [-0.2, -0.15) is 5.26 Å². The van der Waals surface area contributed by atoms with Crippen LogP contribution in [0.1, 0.15) is 23.7 Å². The minimum Gasteiger partial charge on any atom is -0.495 e. The summed E-state index contributed by atoms with van der Waals surface area (Å²) < 4.78 is 33.1. The number of carbonyl (C=O) groups is 1. The highest BCUT2D eigenvalue weighted by molar-refractivity contribution is 7.92. The Morgan fingerprint density at radius 3 is 2.68 bits per heavy atom. The predicted octanol–water partition coefficient (Wildman–Crippen LogP) is 3.52. The Morgan fingerprint density at radius 1 is 1.32 bits per heavy atom. The average molecular weight is 422 g/mol. The van der Waals surface area contributed by atoms with E-state index in [1.54, 1.807) is 26.1 Å². The van der Waals surface area contributed by atoms with E-state index in [0.29, 0.717) is 10.8 Å². The number of halogens is 1. The summed E-state index contributed by atoms with van der Waals surface area (Å²) in [7, 11) is -1.00. The van der Waals surface area contributed by atoms with E-state index in [-0.39, 0.29) is 34.5 Å². The van der Waals surface area contributed by atoms with E-state index in [1.165, 1.54) is 42.3 Å². The highest BCUT2D eigenvalue weighted by Gasteiger charge is 2.21. The Bertz CT molecular complexity index is 1020. The van der Waals surface area contributed by atoms with Crippen molar-refractivity contribution in [2.24, 2.45) is 0 Å². The molecule has 0 fully saturated rings. The van der Waals surface area contributed by atoms with Crippen molar-refractivity contribution in [1.29, 1.82) is 5.26 Å². The molecule has 0 heterocycles. The molecular weight excluding hydrogens is 402 g/mol. The molecule has 0 aliphatic carbocycles. The first-order valence-electron chi connectivity index (χ1n) is 8.30. The van der Waals surface area contributed by atoms with Crippen LogP contribution in [-0.2, 0) is 10.0 Å². The Labute approximate surface area is 169 Å². The van der Waals surface area contributed by atoms with Crippen molar-refractivity contribution >= 4 is 33.2 Å². The van der Waals surface area contributed by atoms with Crippen LogP contribution < -0.4 is 9.46 Å². The number of nitrogens with one attached hydrogen (secondary N) is 1. The van der Waals surface area contributed by atoms with Crippen LogP contribution in [0.25, 0.3) is 0 Å². The molecule has 0 bridgehead atoms. The number of amides is 1. The quantitative estimate of drug-likeness (QED) is 0.737. The van der Waals surface area contributed by atoms with Gasteiger partial charge in [0.2, 0.25) is 0 Å². The van der Waals surface area contributed by atoms with Crippen LogP contribution in [0.4, 0.5) is 5.69 Å². The molecule has 2 rings (SSSR count). The van der Waals surface area contributed by atoms with Crippen LogP contribution >= 0.6 is 11.6 Å². The van der Waals surface area contributed by atoms with Crippen molar-refractivity contribution in [1.82, 2.24) is 4.90 Å². The topological polar surface area (TPSA) is 99.5 Å². The first-order chi connectivity index (χ1) is 13.2. The van der Waals surface area contributed by atoms with Crippen molar-refractivity contribution in [2.45, 2.75) is 24.3 Å². The lowest BCUT2D eigenvalue weighted by Gasteiger charge is -2.23. The number of sulfonamides is 1. The van der Waals surface area contributed by atoms with Crippen LogP contribution in [0, 0.1) is 11.3 Å². The molecule has 0 aromatic heterocycles. The van der Waals surface area contributed by atoms with Crippen LogP contribution in [0.2, 0.25) is 5.02 Å². The Kier molecular flexibility index (Phi) is 6.89. The molecule has 0 saturated heterocycles. The highest BCUT2D eigenvalue weighted by atomic mass is 35.5. The number of carbonyl (C=O) groups excluding carboxylic acids is 1.